The zero-order valence-electron chi connectivity index (χ0n) is 13.5. The van der Waals surface area contributed by atoms with Crippen molar-refractivity contribution in [3.63, 3.8) is 0 Å². The van der Waals surface area contributed by atoms with Gasteiger partial charge in [0.15, 0.2) is 0 Å². The highest BCUT2D eigenvalue weighted by atomic mass is 32.2. The second-order valence-electron chi connectivity index (χ2n) is 4.86. The molecule has 0 radical (unpaired) electrons. The molecule has 8 heteroatoms. The van der Waals surface area contributed by atoms with Gasteiger partial charge in [0.2, 0.25) is 0 Å². The van der Waals surface area contributed by atoms with Crippen LogP contribution >= 0.6 is 0 Å². The van der Waals surface area contributed by atoms with Gasteiger partial charge in [0.25, 0.3) is 10.0 Å². The predicted octanol–water partition coefficient (Wildman–Crippen LogP) is 2.11. The molecule has 0 unspecified atom stereocenters. The van der Waals surface area contributed by atoms with Crippen molar-refractivity contribution in [1.82, 2.24) is 4.83 Å². The number of nitrogens with zero attached hydrogens (tertiary/aromatic N) is 1. The predicted molar refractivity (Wildman–Crippen MR) is 90.2 cm³/mol. The van der Waals surface area contributed by atoms with Crippen molar-refractivity contribution in [2.75, 3.05) is 14.2 Å². The maximum Gasteiger partial charge on any atom is 0.280 e. The number of sulfonamides is 1. The topological polar surface area (TPSA) is 97.2 Å². The van der Waals surface area contributed by atoms with E-state index in [4.69, 9.17) is 9.47 Å². The van der Waals surface area contributed by atoms with Crippen molar-refractivity contribution < 1.29 is 23.0 Å². The molecule has 0 heterocycles. The van der Waals surface area contributed by atoms with Crippen LogP contribution in [0.15, 0.2) is 52.5 Å². The van der Waals surface area contributed by atoms with Crippen molar-refractivity contribution in [3.8, 4) is 17.2 Å². The number of phenols is 1. The zero-order chi connectivity index (χ0) is 17.7. The van der Waals surface area contributed by atoms with Crippen LogP contribution in [0, 0.1) is 0 Å². The first-order valence-corrected chi connectivity index (χ1v) is 8.43. The smallest absolute Gasteiger partial charge is 0.280 e. The summed E-state index contributed by atoms with van der Waals surface area (Å²) in [4.78, 5) is 2.11. The lowest BCUT2D eigenvalue weighted by Crippen LogP contribution is -2.20. The van der Waals surface area contributed by atoms with E-state index < -0.39 is 10.0 Å². The van der Waals surface area contributed by atoms with E-state index in [0.29, 0.717) is 17.0 Å². The van der Waals surface area contributed by atoms with Crippen LogP contribution in [-0.4, -0.2) is 33.5 Å². The minimum absolute atomic E-state index is 0.0572. The Labute approximate surface area is 140 Å². The van der Waals surface area contributed by atoms with Gasteiger partial charge in [-0.2, -0.15) is 18.4 Å². The summed E-state index contributed by atoms with van der Waals surface area (Å²) in [5.74, 6) is 0.694. The molecule has 0 aromatic heterocycles. The van der Waals surface area contributed by atoms with E-state index in [1.807, 2.05) is 0 Å². The number of hydrazone groups is 1. The summed E-state index contributed by atoms with van der Waals surface area (Å²) in [7, 11) is -1.08. The fourth-order valence-corrected chi connectivity index (χ4v) is 2.98. The highest BCUT2D eigenvalue weighted by Gasteiger charge is 2.19. The Hall–Kier alpha value is -2.74. The quantitative estimate of drug-likeness (QED) is 0.614. The monoisotopic (exact) mass is 350 g/mol. The third kappa shape index (κ3) is 3.96. The average Bonchev–Trinajstić information content (AvgIpc) is 2.59. The van der Waals surface area contributed by atoms with Crippen molar-refractivity contribution in [2.24, 2.45) is 5.10 Å². The molecule has 0 atom stereocenters. The van der Waals surface area contributed by atoms with E-state index in [0.717, 1.165) is 0 Å². The molecule has 0 aliphatic heterocycles. The third-order valence-electron chi connectivity index (χ3n) is 3.26. The highest BCUT2D eigenvalue weighted by Crippen LogP contribution is 2.28. The third-order valence-corrected chi connectivity index (χ3v) is 4.51. The van der Waals surface area contributed by atoms with Gasteiger partial charge in [0.1, 0.15) is 22.1 Å². The first-order valence-electron chi connectivity index (χ1n) is 6.95. The Balaban J connectivity index is 2.30. The molecular weight excluding hydrogens is 332 g/mol. The summed E-state index contributed by atoms with van der Waals surface area (Å²) >= 11 is 0. The van der Waals surface area contributed by atoms with E-state index in [2.05, 4.69) is 9.93 Å². The van der Waals surface area contributed by atoms with Gasteiger partial charge in [-0.05, 0) is 31.2 Å². The Morgan fingerprint density at radius 2 is 1.88 bits per heavy atom. The van der Waals surface area contributed by atoms with Gasteiger partial charge in [0, 0.05) is 11.6 Å². The maximum absolute atomic E-state index is 12.4. The van der Waals surface area contributed by atoms with Crippen LogP contribution in [0.2, 0.25) is 0 Å². The number of rotatable bonds is 6. The minimum Gasteiger partial charge on any atom is -0.508 e. The van der Waals surface area contributed by atoms with E-state index in [1.165, 1.54) is 44.6 Å². The first-order chi connectivity index (χ1) is 11.4. The summed E-state index contributed by atoms with van der Waals surface area (Å²) in [5.41, 5.74) is 1.00. The number of aromatic hydroxyl groups is 1. The molecule has 2 aromatic rings. The lowest BCUT2D eigenvalue weighted by Gasteiger charge is -2.11. The molecule has 2 aromatic carbocycles. The van der Waals surface area contributed by atoms with Crippen molar-refractivity contribution in [3.05, 3.63) is 48.0 Å². The number of methoxy groups -OCH3 is 2. The van der Waals surface area contributed by atoms with Gasteiger partial charge in [-0.25, -0.2) is 0 Å². The number of phenolic OH excluding ortho intramolecular Hbond substituents is 1. The summed E-state index contributed by atoms with van der Waals surface area (Å²) in [6.07, 6.45) is 0. The fourth-order valence-electron chi connectivity index (χ4n) is 1.97. The average molecular weight is 350 g/mol. The van der Waals surface area contributed by atoms with Crippen LogP contribution in [0.1, 0.15) is 12.5 Å². The van der Waals surface area contributed by atoms with Crippen LogP contribution in [0.4, 0.5) is 0 Å². The number of hydrogen-bond acceptors (Lipinski definition) is 6. The molecule has 0 amide bonds. The molecular formula is C16H18N2O5S. The fraction of sp³-hybridized carbons (Fsp3) is 0.188. The van der Waals surface area contributed by atoms with E-state index >= 15 is 0 Å². The normalized spacial score (nSPS) is 11.9. The van der Waals surface area contributed by atoms with Gasteiger partial charge < -0.3 is 14.6 Å². The Bertz CT molecular complexity index is 863. The summed E-state index contributed by atoms with van der Waals surface area (Å²) < 4.78 is 35.0. The molecule has 0 spiro atoms. The molecule has 0 saturated heterocycles. The summed E-state index contributed by atoms with van der Waals surface area (Å²) in [6.45, 7) is 1.63. The first kappa shape index (κ1) is 17.6. The molecule has 2 rings (SSSR count). The van der Waals surface area contributed by atoms with Gasteiger partial charge in [-0.15, -0.1) is 0 Å². The Morgan fingerprint density at radius 1 is 1.12 bits per heavy atom. The van der Waals surface area contributed by atoms with Gasteiger partial charge in [0.05, 0.1) is 19.9 Å². The number of ether oxygens (including phenoxy) is 2. The summed E-state index contributed by atoms with van der Waals surface area (Å²) in [6, 6.07) is 10.7. The number of nitrogens with one attached hydrogen (secondary N) is 1. The van der Waals surface area contributed by atoms with E-state index in [9.17, 15) is 13.5 Å². The van der Waals surface area contributed by atoms with Gasteiger partial charge in [-0.3, -0.25) is 0 Å². The largest absolute Gasteiger partial charge is 0.508 e. The minimum atomic E-state index is -3.92. The molecule has 2 N–H and O–H groups in total. The molecule has 24 heavy (non-hydrogen) atoms. The van der Waals surface area contributed by atoms with Crippen molar-refractivity contribution in [1.29, 1.82) is 0 Å². The Kier molecular flexibility index (Phi) is 5.30. The molecule has 128 valence electrons. The van der Waals surface area contributed by atoms with Gasteiger partial charge in [-0.1, -0.05) is 12.1 Å². The molecule has 0 bridgehead atoms. The SMILES string of the molecule is COc1ccc(S(=O)(=O)N/N=C(\C)c2cccc(O)c2)c(OC)c1. The van der Waals surface area contributed by atoms with Crippen LogP contribution in [0.3, 0.4) is 0 Å². The van der Waals surface area contributed by atoms with Crippen LogP contribution in [-0.2, 0) is 10.0 Å². The van der Waals surface area contributed by atoms with Crippen LogP contribution < -0.4 is 14.3 Å². The van der Waals surface area contributed by atoms with Crippen LogP contribution in [0.25, 0.3) is 0 Å². The lowest BCUT2D eigenvalue weighted by atomic mass is 10.1. The Morgan fingerprint density at radius 3 is 2.50 bits per heavy atom. The van der Waals surface area contributed by atoms with Crippen molar-refractivity contribution in [2.45, 2.75) is 11.8 Å². The second-order valence-corrected chi connectivity index (χ2v) is 6.49. The number of benzene rings is 2. The van der Waals surface area contributed by atoms with Gasteiger partial charge >= 0.3 is 0 Å². The molecule has 7 nitrogen and oxygen atoms in total. The second kappa shape index (κ2) is 7.22. The van der Waals surface area contributed by atoms with Crippen molar-refractivity contribution >= 4 is 15.7 Å². The molecule has 0 aliphatic rings. The number of hydrogen-bond donors (Lipinski definition) is 2. The maximum atomic E-state index is 12.4. The van der Waals surface area contributed by atoms with E-state index in [-0.39, 0.29) is 16.4 Å². The molecule has 0 saturated carbocycles. The zero-order valence-corrected chi connectivity index (χ0v) is 14.3. The lowest BCUT2D eigenvalue weighted by molar-refractivity contribution is 0.386. The summed E-state index contributed by atoms with van der Waals surface area (Å²) in [5, 5.41) is 13.3. The van der Waals surface area contributed by atoms with Crippen LogP contribution in [0.5, 0.6) is 17.2 Å². The standard InChI is InChI=1S/C16H18N2O5S/c1-11(12-5-4-6-13(19)9-12)17-18-24(20,21)16-8-7-14(22-2)10-15(16)23-3/h4-10,18-19H,1-3H3/b17-11+. The molecule has 0 fully saturated rings. The van der Waals surface area contributed by atoms with E-state index in [1.54, 1.807) is 19.1 Å². The molecule has 0 aliphatic carbocycles. The highest BCUT2D eigenvalue weighted by molar-refractivity contribution is 7.89.